The Morgan fingerprint density at radius 3 is 2.56 bits per heavy atom. The Kier molecular flexibility index (Phi) is 4.84. The zero-order valence-corrected chi connectivity index (χ0v) is 14.0. The quantitative estimate of drug-likeness (QED) is 0.722. The second-order valence-electron chi connectivity index (χ2n) is 5.66. The number of hydrogen-bond acceptors (Lipinski definition) is 5. The van der Waals surface area contributed by atoms with E-state index in [0.717, 1.165) is 26.9 Å². The SMILES string of the molecule is Cc1ccnn2c(=O)n(CC(=O)NCc3ccc(OC(F)(F)F)cc3)nc12. The molecule has 0 spiro atoms. The predicted octanol–water partition coefficient (Wildman–Crippen LogP) is 1.41. The molecule has 0 unspecified atom stereocenters. The van der Waals surface area contributed by atoms with Gasteiger partial charge in [-0.05, 0) is 36.2 Å². The largest absolute Gasteiger partial charge is 0.573 e. The summed E-state index contributed by atoms with van der Waals surface area (Å²) in [6.45, 7) is 1.53. The van der Waals surface area contributed by atoms with Crippen molar-refractivity contribution in [2.24, 2.45) is 0 Å². The molecule has 142 valence electrons. The average molecular weight is 381 g/mol. The summed E-state index contributed by atoms with van der Waals surface area (Å²) in [4.78, 5) is 24.2. The minimum absolute atomic E-state index is 0.0739. The Labute approximate surface area is 150 Å². The Bertz CT molecular complexity index is 1020. The molecule has 0 atom stereocenters. The van der Waals surface area contributed by atoms with Gasteiger partial charge in [0, 0.05) is 12.7 Å². The van der Waals surface area contributed by atoms with Gasteiger partial charge in [0.2, 0.25) is 5.91 Å². The highest BCUT2D eigenvalue weighted by Gasteiger charge is 2.30. The summed E-state index contributed by atoms with van der Waals surface area (Å²) in [6, 6.07) is 6.78. The standard InChI is InChI=1S/C16H14F3N5O3/c1-10-6-7-21-24-14(10)22-23(15(24)26)9-13(25)20-8-11-2-4-12(5-3-11)27-16(17,18)19/h2-7H,8-9H2,1H3,(H,20,25). The maximum atomic E-state index is 12.2. The molecule has 0 saturated carbocycles. The lowest BCUT2D eigenvalue weighted by Gasteiger charge is -2.09. The third-order valence-corrected chi connectivity index (χ3v) is 3.62. The molecular weight excluding hydrogens is 367 g/mol. The number of rotatable bonds is 5. The number of nitrogens with one attached hydrogen (secondary N) is 1. The number of ether oxygens (including phenoxy) is 1. The number of amides is 1. The summed E-state index contributed by atoms with van der Waals surface area (Å²) in [5.41, 5.74) is 1.12. The lowest BCUT2D eigenvalue weighted by molar-refractivity contribution is -0.274. The summed E-state index contributed by atoms with van der Waals surface area (Å²) in [5.74, 6) is -0.828. The Balaban J connectivity index is 1.61. The minimum Gasteiger partial charge on any atom is -0.406 e. The summed E-state index contributed by atoms with van der Waals surface area (Å²) < 4.78 is 42.2. The lowest BCUT2D eigenvalue weighted by Crippen LogP contribution is -2.32. The maximum Gasteiger partial charge on any atom is 0.573 e. The van der Waals surface area contributed by atoms with Crippen LogP contribution in [0.25, 0.3) is 5.65 Å². The molecule has 1 N–H and O–H groups in total. The van der Waals surface area contributed by atoms with Crippen LogP contribution in [0, 0.1) is 6.92 Å². The highest BCUT2D eigenvalue weighted by Crippen LogP contribution is 2.22. The number of hydrogen-bond donors (Lipinski definition) is 1. The van der Waals surface area contributed by atoms with E-state index < -0.39 is 18.0 Å². The van der Waals surface area contributed by atoms with Gasteiger partial charge in [-0.15, -0.1) is 18.3 Å². The molecule has 1 aromatic carbocycles. The monoisotopic (exact) mass is 381 g/mol. The molecule has 2 heterocycles. The van der Waals surface area contributed by atoms with Crippen molar-refractivity contribution in [2.45, 2.75) is 26.4 Å². The number of alkyl halides is 3. The van der Waals surface area contributed by atoms with E-state index in [0.29, 0.717) is 11.2 Å². The first-order chi connectivity index (χ1) is 12.7. The van der Waals surface area contributed by atoms with E-state index in [1.165, 1.54) is 18.3 Å². The van der Waals surface area contributed by atoms with E-state index >= 15 is 0 Å². The molecule has 11 heteroatoms. The Hall–Kier alpha value is -3.37. The van der Waals surface area contributed by atoms with Crippen molar-refractivity contribution in [3.63, 3.8) is 0 Å². The summed E-state index contributed by atoms with van der Waals surface area (Å²) >= 11 is 0. The van der Waals surface area contributed by atoms with Crippen molar-refractivity contribution >= 4 is 11.6 Å². The van der Waals surface area contributed by atoms with Crippen molar-refractivity contribution in [1.82, 2.24) is 24.7 Å². The molecule has 0 radical (unpaired) electrons. The second-order valence-corrected chi connectivity index (χ2v) is 5.66. The zero-order chi connectivity index (χ0) is 19.6. The van der Waals surface area contributed by atoms with E-state index in [-0.39, 0.29) is 18.8 Å². The first kappa shape index (κ1) is 18.4. The van der Waals surface area contributed by atoms with Gasteiger partial charge in [0.1, 0.15) is 12.3 Å². The van der Waals surface area contributed by atoms with E-state index in [1.54, 1.807) is 13.0 Å². The fraction of sp³-hybridized carbons (Fsp3) is 0.250. The number of benzene rings is 1. The van der Waals surface area contributed by atoms with Crippen molar-refractivity contribution in [1.29, 1.82) is 0 Å². The highest BCUT2D eigenvalue weighted by molar-refractivity contribution is 5.75. The van der Waals surface area contributed by atoms with Crippen LogP contribution in [0.5, 0.6) is 5.75 Å². The molecule has 1 amide bonds. The normalized spacial score (nSPS) is 11.6. The molecule has 27 heavy (non-hydrogen) atoms. The van der Waals surface area contributed by atoms with Crippen LogP contribution in [0.15, 0.2) is 41.3 Å². The Morgan fingerprint density at radius 1 is 1.22 bits per heavy atom. The zero-order valence-electron chi connectivity index (χ0n) is 14.0. The summed E-state index contributed by atoms with van der Waals surface area (Å²) in [7, 11) is 0. The molecule has 0 aliphatic rings. The minimum atomic E-state index is -4.76. The van der Waals surface area contributed by atoms with Gasteiger partial charge in [-0.2, -0.15) is 9.61 Å². The number of aryl methyl sites for hydroxylation is 1. The number of halogens is 3. The molecule has 0 saturated heterocycles. The van der Waals surface area contributed by atoms with Crippen LogP contribution < -0.4 is 15.7 Å². The van der Waals surface area contributed by atoms with E-state index in [1.807, 2.05) is 0 Å². The van der Waals surface area contributed by atoms with E-state index in [2.05, 4.69) is 20.3 Å². The fourth-order valence-electron chi connectivity index (χ4n) is 2.34. The molecule has 3 rings (SSSR count). The van der Waals surface area contributed by atoms with Crippen LogP contribution >= 0.6 is 0 Å². The van der Waals surface area contributed by atoms with Crippen LogP contribution in [0.1, 0.15) is 11.1 Å². The van der Waals surface area contributed by atoms with Gasteiger partial charge in [0.05, 0.1) is 0 Å². The number of fused-ring (bicyclic) bond motifs is 1. The smallest absolute Gasteiger partial charge is 0.406 e. The molecule has 0 bridgehead atoms. The molecule has 3 aromatic rings. The molecular formula is C16H14F3N5O3. The average Bonchev–Trinajstić information content (AvgIpc) is 2.91. The number of aromatic nitrogens is 4. The van der Waals surface area contributed by atoms with Gasteiger partial charge >= 0.3 is 12.1 Å². The number of nitrogens with zero attached hydrogens (tertiary/aromatic N) is 4. The highest BCUT2D eigenvalue weighted by atomic mass is 19.4. The lowest BCUT2D eigenvalue weighted by atomic mass is 10.2. The molecule has 0 aliphatic carbocycles. The fourth-order valence-corrected chi connectivity index (χ4v) is 2.34. The molecule has 0 aliphatic heterocycles. The summed E-state index contributed by atoms with van der Waals surface area (Å²) in [6.07, 6.45) is -3.30. The first-order valence-corrected chi connectivity index (χ1v) is 7.76. The third-order valence-electron chi connectivity index (χ3n) is 3.62. The van der Waals surface area contributed by atoms with Crippen molar-refractivity contribution in [2.75, 3.05) is 0 Å². The van der Waals surface area contributed by atoms with Crippen LogP contribution in [0.3, 0.4) is 0 Å². The molecule has 0 fully saturated rings. The van der Waals surface area contributed by atoms with Crippen LogP contribution in [-0.2, 0) is 17.9 Å². The third kappa shape index (κ3) is 4.43. The van der Waals surface area contributed by atoms with Gasteiger partial charge in [-0.1, -0.05) is 12.1 Å². The van der Waals surface area contributed by atoms with Crippen LogP contribution in [0.4, 0.5) is 13.2 Å². The van der Waals surface area contributed by atoms with Crippen LogP contribution in [0.2, 0.25) is 0 Å². The topological polar surface area (TPSA) is 90.5 Å². The summed E-state index contributed by atoms with van der Waals surface area (Å²) in [5, 5.41) is 10.5. The van der Waals surface area contributed by atoms with Gasteiger partial charge in [-0.3, -0.25) is 4.79 Å². The molecule has 8 nitrogen and oxygen atoms in total. The van der Waals surface area contributed by atoms with E-state index in [9.17, 15) is 22.8 Å². The molecule has 2 aromatic heterocycles. The van der Waals surface area contributed by atoms with Gasteiger partial charge in [0.25, 0.3) is 0 Å². The van der Waals surface area contributed by atoms with Crippen molar-refractivity contribution in [3.8, 4) is 5.75 Å². The van der Waals surface area contributed by atoms with E-state index in [4.69, 9.17) is 0 Å². The van der Waals surface area contributed by atoms with Crippen molar-refractivity contribution < 1.29 is 22.7 Å². The van der Waals surface area contributed by atoms with Gasteiger partial charge in [-0.25, -0.2) is 9.48 Å². The number of carbonyl (C=O) groups excluding carboxylic acids is 1. The first-order valence-electron chi connectivity index (χ1n) is 7.76. The number of carbonyl (C=O) groups is 1. The van der Waals surface area contributed by atoms with Gasteiger partial charge < -0.3 is 10.1 Å². The van der Waals surface area contributed by atoms with Crippen molar-refractivity contribution in [3.05, 3.63) is 58.1 Å². The maximum absolute atomic E-state index is 12.2. The second kappa shape index (κ2) is 7.09. The van der Waals surface area contributed by atoms with Gasteiger partial charge in [0.15, 0.2) is 5.65 Å². The Morgan fingerprint density at radius 2 is 1.93 bits per heavy atom. The predicted molar refractivity (Wildman–Crippen MR) is 87.0 cm³/mol. The van der Waals surface area contributed by atoms with Crippen LogP contribution in [-0.4, -0.2) is 31.7 Å².